The zero-order valence-electron chi connectivity index (χ0n) is 12.1. The summed E-state index contributed by atoms with van der Waals surface area (Å²) < 4.78 is 9.23. The molecule has 11 nitrogen and oxygen atoms in total. The molecule has 25 heavy (non-hydrogen) atoms. The first-order chi connectivity index (χ1) is 11.8. The monoisotopic (exact) mass is 369 g/mol. The number of hydrogen-bond donors (Lipinski definition) is 1. The van der Waals surface area contributed by atoms with Gasteiger partial charge in [-0.3, -0.25) is 25.0 Å². The molecule has 1 amide bonds. The van der Waals surface area contributed by atoms with Crippen LogP contribution in [0.3, 0.4) is 0 Å². The zero-order chi connectivity index (χ0) is 18.6. The molecule has 0 saturated carbocycles. The molecular formula is C13H8ClN3O8. The molecule has 0 aliphatic heterocycles. The van der Waals surface area contributed by atoms with Gasteiger partial charge in [-0.25, -0.2) is 4.79 Å². The van der Waals surface area contributed by atoms with Gasteiger partial charge < -0.3 is 14.5 Å². The van der Waals surface area contributed by atoms with Gasteiger partial charge in [0, 0.05) is 11.1 Å². The quantitative estimate of drug-likeness (QED) is 0.462. The summed E-state index contributed by atoms with van der Waals surface area (Å²) >= 11 is 5.65. The molecular weight excluding hydrogens is 362 g/mol. The molecule has 0 aliphatic rings. The first-order valence-corrected chi connectivity index (χ1v) is 6.81. The van der Waals surface area contributed by atoms with Crippen LogP contribution in [0.2, 0.25) is 5.02 Å². The molecule has 130 valence electrons. The van der Waals surface area contributed by atoms with Crippen LogP contribution in [0.4, 0.5) is 17.3 Å². The highest BCUT2D eigenvalue weighted by atomic mass is 35.5. The summed E-state index contributed by atoms with van der Waals surface area (Å²) in [4.78, 5) is 43.1. The fraction of sp³-hybridized carbons (Fsp3) is 0.0769. The highest BCUT2D eigenvalue weighted by Crippen LogP contribution is 2.27. The van der Waals surface area contributed by atoms with Crippen molar-refractivity contribution in [3.8, 4) is 0 Å². The number of nitrogens with one attached hydrogen (secondary N) is 1. The Morgan fingerprint density at radius 3 is 2.48 bits per heavy atom. The largest absolute Gasteiger partial charge is 0.450 e. The number of halogens is 1. The Kier molecular flexibility index (Phi) is 5.29. The molecule has 1 aromatic carbocycles. The van der Waals surface area contributed by atoms with Crippen molar-refractivity contribution in [3.05, 3.63) is 61.3 Å². The number of amides is 1. The number of esters is 1. The third-order valence-corrected chi connectivity index (χ3v) is 2.97. The Morgan fingerprint density at radius 2 is 1.88 bits per heavy atom. The number of benzene rings is 1. The van der Waals surface area contributed by atoms with Crippen molar-refractivity contribution >= 4 is 40.7 Å². The third kappa shape index (κ3) is 4.51. The van der Waals surface area contributed by atoms with Crippen molar-refractivity contribution in [1.82, 2.24) is 0 Å². The van der Waals surface area contributed by atoms with E-state index < -0.39 is 45.7 Å². The van der Waals surface area contributed by atoms with Crippen molar-refractivity contribution in [3.63, 3.8) is 0 Å². The summed E-state index contributed by atoms with van der Waals surface area (Å²) in [5.41, 5.74) is -0.571. The molecule has 0 unspecified atom stereocenters. The summed E-state index contributed by atoms with van der Waals surface area (Å²) in [6.45, 7) is -0.785. The Labute approximate surface area is 143 Å². The normalized spacial score (nSPS) is 10.1. The van der Waals surface area contributed by atoms with E-state index in [2.05, 4.69) is 14.5 Å². The van der Waals surface area contributed by atoms with E-state index in [0.717, 1.165) is 18.2 Å². The van der Waals surface area contributed by atoms with Gasteiger partial charge in [-0.1, -0.05) is 11.6 Å². The zero-order valence-corrected chi connectivity index (χ0v) is 12.9. The Bertz CT molecular complexity index is 863. The van der Waals surface area contributed by atoms with Gasteiger partial charge in [0.2, 0.25) is 5.76 Å². The summed E-state index contributed by atoms with van der Waals surface area (Å²) in [6, 6.07) is 5.57. The minimum atomic E-state index is -1.10. The van der Waals surface area contributed by atoms with Crippen LogP contribution in [0, 0.1) is 20.2 Å². The fourth-order valence-corrected chi connectivity index (χ4v) is 1.85. The number of nitrogens with zero attached hydrogens (tertiary/aromatic N) is 2. The Hall–Kier alpha value is -3.47. The van der Waals surface area contributed by atoms with Crippen LogP contribution in [0.15, 0.2) is 34.7 Å². The fourth-order valence-electron chi connectivity index (χ4n) is 1.69. The molecule has 0 fully saturated rings. The maximum atomic E-state index is 11.7. The van der Waals surface area contributed by atoms with Crippen molar-refractivity contribution in [1.29, 1.82) is 0 Å². The average Bonchev–Trinajstić information content (AvgIpc) is 3.04. The first-order valence-electron chi connectivity index (χ1n) is 6.43. The van der Waals surface area contributed by atoms with Gasteiger partial charge in [-0.05, 0) is 18.2 Å². The van der Waals surface area contributed by atoms with E-state index >= 15 is 0 Å². The second kappa shape index (κ2) is 7.40. The van der Waals surface area contributed by atoms with Crippen molar-refractivity contribution in [2.45, 2.75) is 0 Å². The van der Waals surface area contributed by atoms with Gasteiger partial charge in [0.25, 0.3) is 11.6 Å². The number of nitro benzene ring substituents is 1. The molecule has 1 N–H and O–H groups in total. The van der Waals surface area contributed by atoms with E-state index in [0.29, 0.717) is 0 Å². The van der Waals surface area contributed by atoms with Crippen LogP contribution in [0.5, 0.6) is 0 Å². The smallest absolute Gasteiger partial charge is 0.433 e. The van der Waals surface area contributed by atoms with Crippen molar-refractivity contribution in [2.24, 2.45) is 0 Å². The van der Waals surface area contributed by atoms with E-state index in [1.165, 1.54) is 12.1 Å². The molecule has 0 atom stereocenters. The second-order valence-electron chi connectivity index (χ2n) is 4.44. The minimum Gasteiger partial charge on any atom is -0.450 e. The van der Waals surface area contributed by atoms with Crippen LogP contribution in [0.25, 0.3) is 0 Å². The van der Waals surface area contributed by atoms with Gasteiger partial charge in [-0.15, -0.1) is 0 Å². The topological polar surface area (TPSA) is 155 Å². The van der Waals surface area contributed by atoms with Crippen LogP contribution < -0.4 is 5.32 Å². The molecule has 0 radical (unpaired) electrons. The lowest BCUT2D eigenvalue weighted by Crippen LogP contribution is -2.21. The predicted octanol–water partition coefficient (Wildman–Crippen LogP) is 2.54. The van der Waals surface area contributed by atoms with E-state index in [9.17, 15) is 29.8 Å². The number of furan rings is 1. The van der Waals surface area contributed by atoms with Crippen LogP contribution in [-0.4, -0.2) is 28.3 Å². The van der Waals surface area contributed by atoms with Crippen LogP contribution >= 0.6 is 11.6 Å². The van der Waals surface area contributed by atoms with E-state index in [4.69, 9.17) is 11.6 Å². The molecule has 0 saturated heterocycles. The maximum absolute atomic E-state index is 11.7. The lowest BCUT2D eigenvalue weighted by Gasteiger charge is -2.06. The Balaban J connectivity index is 1.98. The van der Waals surface area contributed by atoms with E-state index in [1.807, 2.05) is 0 Å². The maximum Gasteiger partial charge on any atom is 0.433 e. The highest BCUT2D eigenvalue weighted by molar-refractivity contribution is 6.31. The summed E-state index contributed by atoms with van der Waals surface area (Å²) in [7, 11) is 0. The number of hydrogen-bond acceptors (Lipinski definition) is 8. The third-order valence-electron chi connectivity index (χ3n) is 2.74. The van der Waals surface area contributed by atoms with Crippen LogP contribution in [-0.2, 0) is 9.53 Å². The number of rotatable bonds is 6. The van der Waals surface area contributed by atoms with Crippen molar-refractivity contribution in [2.75, 3.05) is 11.9 Å². The second-order valence-corrected chi connectivity index (χ2v) is 4.87. The number of ether oxygens (including phenoxy) is 1. The molecule has 2 aromatic rings. The van der Waals surface area contributed by atoms with Gasteiger partial charge in [0.1, 0.15) is 10.6 Å². The number of carbonyl (C=O) groups is 2. The molecule has 1 aromatic heterocycles. The lowest BCUT2D eigenvalue weighted by molar-refractivity contribution is -0.402. The first kappa shape index (κ1) is 17.9. The van der Waals surface area contributed by atoms with Gasteiger partial charge in [0.05, 0.1) is 11.0 Å². The molecule has 0 aliphatic carbocycles. The lowest BCUT2D eigenvalue weighted by atomic mass is 10.2. The minimum absolute atomic E-state index is 0.107. The van der Waals surface area contributed by atoms with Crippen molar-refractivity contribution < 1.29 is 28.6 Å². The van der Waals surface area contributed by atoms with Gasteiger partial charge in [-0.2, -0.15) is 0 Å². The molecule has 12 heteroatoms. The SMILES string of the molecule is O=C(COC(=O)c1ccc([N+](=O)[O-])o1)Nc1ccc(Cl)cc1[N+](=O)[O-]. The van der Waals surface area contributed by atoms with Crippen LogP contribution in [0.1, 0.15) is 10.6 Å². The average molecular weight is 370 g/mol. The van der Waals surface area contributed by atoms with E-state index in [-0.39, 0.29) is 10.7 Å². The number of carbonyl (C=O) groups excluding carboxylic acids is 2. The highest BCUT2D eigenvalue weighted by Gasteiger charge is 2.21. The molecule has 0 bridgehead atoms. The van der Waals surface area contributed by atoms with Gasteiger partial charge >= 0.3 is 11.9 Å². The Morgan fingerprint density at radius 1 is 1.16 bits per heavy atom. The summed E-state index contributed by atoms with van der Waals surface area (Å²) in [5.74, 6) is -3.08. The summed E-state index contributed by atoms with van der Waals surface area (Å²) in [6.07, 6.45) is 0. The predicted molar refractivity (Wildman–Crippen MR) is 82.4 cm³/mol. The standard InChI is InChI=1S/C13H8ClN3O8/c14-7-1-2-8(9(5-7)16(20)21)15-11(18)6-24-13(19)10-3-4-12(25-10)17(22)23/h1-5H,6H2,(H,15,18). The van der Waals surface area contributed by atoms with Gasteiger partial charge in [0.15, 0.2) is 6.61 Å². The van der Waals surface area contributed by atoms with E-state index in [1.54, 1.807) is 0 Å². The number of nitro groups is 2. The molecule has 0 spiro atoms. The number of anilines is 1. The summed E-state index contributed by atoms with van der Waals surface area (Å²) in [5, 5.41) is 23.7. The molecule has 1 heterocycles. The molecule has 2 rings (SSSR count).